The van der Waals surface area contributed by atoms with Gasteiger partial charge in [0.2, 0.25) is 0 Å². The van der Waals surface area contributed by atoms with Crippen LogP contribution in [0.1, 0.15) is 24.8 Å². The zero-order valence-corrected chi connectivity index (χ0v) is 10.3. The molecule has 1 aliphatic heterocycles. The fourth-order valence-electron chi connectivity index (χ4n) is 2.12. The van der Waals surface area contributed by atoms with Crippen molar-refractivity contribution < 1.29 is 9.84 Å². The molecule has 94 valence electrons. The Hall–Kier alpha value is -1.26. The van der Waals surface area contributed by atoms with Crippen molar-refractivity contribution in [1.29, 1.82) is 0 Å². The van der Waals surface area contributed by atoms with Gasteiger partial charge in [0.05, 0.1) is 7.11 Å². The molecule has 0 aromatic heterocycles. The molecule has 0 amide bonds. The van der Waals surface area contributed by atoms with Gasteiger partial charge in [0.1, 0.15) is 0 Å². The molecule has 4 heteroatoms. The predicted octanol–water partition coefficient (Wildman–Crippen LogP) is 1.89. The highest BCUT2D eigenvalue weighted by atomic mass is 16.5. The summed E-state index contributed by atoms with van der Waals surface area (Å²) in [6.45, 7) is 2.82. The summed E-state index contributed by atoms with van der Waals surface area (Å²) in [4.78, 5) is 0. The van der Waals surface area contributed by atoms with E-state index < -0.39 is 0 Å². The third-order valence-corrected chi connectivity index (χ3v) is 3.15. The number of hydrogen-bond donors (Lipinski definition) is 2. The van der Waals surface area contributed by atoms with Crippen LogP contribution in [0.15, 0.2) is 18.2 Å². The lowest BCUT2D eigenvalue weighted by Gasteiger charge is -2.27. The van der Waals surface area contributed by atoms with Crippen LogP contribution >= 0.6 is 0 Å². The molecule has 4 nitrogen and oxygen atoms in total. The van der Waals surface area contributed by atoms with Gasteiger partial charge in [-0.15, -0.1) is 0 Å². The minimum Gasteiger partial charge on any atom is -0.504 e. The molecule has 0 bridgehead atoms. The molecule has 0 aliphatic carbocycles. The molecule has 0 unspecified atom stereocenters. The average Bonchev–Trinajstić information content (AvgIpc) is 2.39. The maximum absolute atomic E-state index is 9.93. The molecule has 1 heterocycles. The molecule has 1 aromatic rings. The second-order valence-corrected chi connectivity index (χ2v) is 4.35. The van der Waals surface area contributed by atoms with Crippen LogP contribution in [0, 0.1) is 0 Å². The van der Waals surface area contributed by atoms with Crippen molar-refractivity contribution >= 4 is 0 Å². The normalized spacial score (nSPS) is 17.0. The first-order valence-electron chi connectivity index (χ1n) is 6.14. The molecule has 1 aliphatic rings. The van der Waals surface area contributed by atoms with Crippen molar-refractivity contribution in [3.05, 3.63) is 23.8 Å². The minimum atomic E-state index is 0.236. The standard InChI is InChI=1S/C13H20N2O2/c1-17-12-7-5-6-11(13(12)16)10-14-15-8-3-2-4-9-15/h5-7,14,16H,2-4,8-10H2,1H3. The number of hydrogen-bond acceptors (Lipinski definition) is 4. The quantitative estimate of drug-likeness (QED) is 0.838. The van der Waals surface area contributed by atoms with Crippen LogP contribution in [0.25, 0.3) is 0 Å². The number of benzene rings is 1. The van der Waals surface area contributed by atoms with Crippen molar-refractivity contribution in [2.24, 2.45) is 0 Å². The van der Waals surface area contributed by atoms with E-state index in [0.717, 1.165) is 18.7 Å². The molecule has 0 radical (unpaired) electrons. The molecular formula is C13H20N2O2. The fourth-order valence-corrected chi connectivity index (χ4v) is 2.12. The summed E-state index contributed by atoms with van der Waals surface area (Å²) in [6, 6.07) is 5.57. The van der Waals surface area contributed by atoms with Gasteiger partial charge in [-0.25, -0.2) is 5.01 Å². The molecule has 1 fully saturated rings. The van der Waals surface area contributed by atoms with Crippen molar-refractivity contribution in [3.63, 3.8) is 0 Å². The van der Waals surface area contributed by atoms with E-state index in [1.807, 2.05) is 12.1 Å². The summed E-state index contributed by atoms with van der Waals surface area (Å²) in [5, 5.41) is 12.2. The number of phenols is 1. The Morgan fingerprint density at radius 1 is 1.29 bits per heavy atom. The third-order valence-electron chi connectivity index (χ3n) is 3.15. The van der Waals surface area contributed by atoms with Gasteiger partial charge >= 0.3 is 0 Å². The lowest BCUT2D eigenvalue weighted by atomic mass is 10.1. The number of rotatable bonds is 4. The lowest BCUT2D eigenvalue weighted by Crippen LogP contribution is -2.41. The first kappa shape index (κ1) is 12.2. The van der Waals surface area contributed by atoms with E-state index in [4.69, 9.17) is 4.74 Å². The van der Waals surface area contributed by atoms with Crippen molar-refractivity contribution in [2.75, 3.05) is 20.2 Å². The first-order chi connectivity index (χ1) is 8.31. The number of nitrogens with one attached hydrogen (secondary N) is 1. The van der Waals surface area contributed by atoms with Gasteiger partial charge in [0, 0.05) is 25.2 Å². The van der Waals surface area contributed by atoms with E-state index in [0.29, 0.717) is 12.3 Å². The fraction of sp³-hybridized carbons (Fsp3) is 0.538. The van der Waals surface area contributed by atoms with Crippen molar-refractivity contribution in [3.8, 4) is 11.5 Å². The molecule has 2 rings (SSSR count). The number of methoxy groups -OCH3 is 1. The second-order valence-electron chi connectivity index (χ2n) is 4.35. The van der Waals surface area contributed by atoms with Gasteiger partial charge in [0.15, 0.2) is 11.5 Å². The number of nitrogens with zero attached hydrogens (tertiary/aromatic N) is 1. The van der Waals surface area contributed by atoms with Gasteiger partial charge < -0.3 is 9.84 Å². The van der Waals surface area contributed by atoms with Gasteiger partial charge in [-0.3, -0.25) is 5.43 Å². The summed E-state index contributed by atoms with van der Waals surface area (Å²) < 4.78 is 5.09. The Kier molecular flexibility index (Phi) is 4.23. The minimum absolute atomic E-state index is 0.236. The van der Waals surface area contributed by atoms with Gasteiger partial charge in [0.25, 0.3) is 0 Å². The summed E-state index contributed by atoms with van der Waals surface area (Å²) in [7, 11) is 1.57. The largest absolute Gasteiger partial charge is 0.504 e. The Bertz CT molecular complexity index is 362. The molecule has 17 heavy (non-hydrogen) atoms. The molecular weight excluding hydrogens is 216 g/mol. The van der Waals surface area contributed by atoms with Crippen LogP contribution in [-0.4, -0.2) is 30.3 Å². The number of aromatic hydroxyl groups is 1. The zero-order valence-electron chi connectivity index (χ0n) is 10.3. The lowest BCUT2D eigenvalue weighted by molar-refractivity contribution is 0.150. The maximum Gasteiger partial charge on any atom is 0.162 e. The molecule has 2 N–H and O–H groups in total. The van der Waals surface area contributed by atoms with E-state index in [1.54, 1.807) is 13.2 Å². The average molecular weight is 236 g/mol. The van der Waals surface area contributed by atoms with Crippen LogP contribution in [0.2, 0.25) is 0 Å². The van der Waals surface area contributed by atoms with Crippen LogP contribution in [0.3, 0.4) is 0 Å². The highest BCUT2D eigenvalue weighted by molar-refractivity contribution is 5.45. The summed E-state index contributed by atoms with van der Waals surface area (Å²) in [6.07, 6.45) is 3.82. The second kappa shape index (κ2) is 5.89. The van der Waals surface area contributed by atoms with E-state index in [9.17, 15) is 5.11 Å². The number of ether oxygens (including phenoxy) is 1. The Morgan fingerprint density at radius 3 is 2.76 bits per heavy atom. The van der Waals surface area contributed by atoms with Crippen molar-refractivity contribution in [1.82, 2.24) is 10.4 Å². The molecule has 0 spiro atoms. The van der Waals surface area contributed by atoms with E-state index >= 15 is 0 Å². The van der Waals surface area contributed by atoms with Gasteiger partial charge in [-0.2, -0.15) is 0 Å². The maximum atomic E-state index is 9.93. The van der Waals surface area contributed by atoms with Crippen LogP contribution in [0.5, 0.6) is 11.5 Å². The van der Waals surface area contributed by atoms with Crippen LogP contribution in [-0.2, 0) is 6.54 Å². The highest BCUT2D eigenvalue weighted by Crippen LogP contribution is 2.29. The monoisotopic (exact) mass is 236 g/mol. The van der Waals surface area contributed by atoms with E-state index in [-0.39, 0.29) is 5.75 Å². The number of hydrazine groups is 1. The van der Waals surface area contributed by atoms with Gasteiger partial charge in [-0.1, -0.05) is 18.6 Å². The molecule has 0 saturated carbocycles. The van der Waals surface area contributed by atoms with Crippen molar-refractivity contribution in [2.45, 2.75) is 25.8 Å². The molecule has 0 atom stereocenters. The summed E-state index contributed by atoms with van der Waals surface area (Å²) in [5.74, 6) is 0.766. The predicted molar refractivity (Wildman–Crippen MR) is 66.9 cm³/mol. The Labute approximate surface area is 102 Å². The third kappa shape index (κ3) is 3.11. The number of piperidine rings is 1. The summed E-state index contributed by atoms with van der Waals surface area (Å²) >= 11 is 0. The zero-order chi connectivity index (χ0) is 12.1. The number of para-hydroxylation sites is 1. The smallest absolute Gasteiger partial charge is 0.162 e. The summed E-state index contributed by atoms with van der Waals surface area (Å²) in [5.41, 5.74) is 4.22. The molecule has 1 aromatic carbocycles. The first-order valence-corrected chi connectivity index (χ1v) is 6.14. The van der Waals surface area contributed by atoms with Crippen LogP contribution < -0.4 is 10.2 Å². The number of phenolic OH excluding ortho intramolecular Hbond substituents is 1. The molecule has 1 saturated heterocycles. The highest BCUT2D eigenvalue weighted by Gasteiger charge is 2.11. The van der Waals surface area contributed by atoms with E-state index in [2.05, 4.69) is 10.4 Å². The van der Waals surface area contributed by atoms with E-state index in [1.165, 1.54) is 19.3 Å². The SMILES string of the molecule is COc1cccc(CNN2CCCCC2)c1O. The Morgan fingerprint density at radius 2 is 2.06 bits per heavy atom. The van der Waals surface area contributed by atoms with Gasteiger partial charge in [-0.05, 0) is 18.9 Å². The topological polar surface area (TPSA) is 44.7 Å². The van der Waals surface area contributed by atoms with Crippen LogP contribution in [0.4, 0.5) is 0 Å². The Balaban J connectivity index is 1.93.